The zero-order valence-electron chi connectivity index (χ0n) is 18.7. The molecule has 0 unspecified atom stereocenters. The average molecular weight is 554 g/mol. The van der Waals surface area contributed by atoms with Crippen LogP contribution in [-0.2, 0) is 16.1 Å². The van der Waals surface area contributed by atoms with Crippen molar-refractivity contribution in [1.82, 2.24) is 10.2 Å². The number of carbonyl (C=O) groups excluding carboxylic acids is 2. The number of rotatable bonds is 9. The first kappa shape index (κ1) is 25.4. The fourth-order valence-electron chi connectivity index (χ4n) is 3.04. The molecule has 0 aliphatic carbocycles. The van der Waals surface area contributed by atoms with E-state index in [2.05, 4.69) is 37.2 Å². The SMILES string of the molecule is Cc1cc(OCC(=O)N(Cc2ccc(Br)cc2)[C@@H](C)C(=O)NCC(C)C)cc(C)c1Br. The minimum absolute atomic E-state index is 0.140. The Hall–Kier alpha value is -1.86. The number of benzene rings is 2. The first-order chi connectivity index (χ1) is 14.6. The van der Waals surface area contributed by atoms with Crippen LogP contribution in [0, 0.1) is 19.8 Å². The molecule has 0 saturated carbocycles. The Balaban J connectivity index is 2.16. The number of amides is 2. The lowest BCUT2D eigenvalue weighted by atomic mass is 10.1. The topological polar surface area (TPSA) is 58.6 Å². The highest BCUT2D eigenvalue weighted by molar-refractivity contribution is 9.10. The van der Waals surface area contributed by atoms with Gasteiger partial charge in [0.1, 0.15) is 11.8 Å². The van der Waals surface area contributed by atoms with Crippen molar-refractivity contribution in [1.29, 1.82) is 0 Å². The number of aryl methyl sites for hydroxylation is 2. The summed E-state index contributed by atoms with van der Waals surface area (Å²) in [4.78, 5) is 27.4. The Labute approximate surface area is 201 Å². The highest BCUT2D eigenvalue weighted by atomic mass is 79.9. The number of hydrogen-bond acceptors (Lipinski definition) is 3. The van der Waals surface area contributed by atoms with Crippen molar-refractivity contribution in [2.24, 2.45) is 5.92 Å². The van der Waals surface area contributed by atoms with Gasteiger partial charge >= 0.3 is 0 Å². The summed E-state index contributed by atoms with van der Waals surface area (Å²) in [5.41, 5.74) is 3.02. The Morgan fingerprint density at radius 2 is 1.61 bits per heavy atom. The summed E-state index contributed by atoms with van der Waals surface area (Å²) in [6.07, 6.45) is 0. The van der Waals surface area contributed by atoms with Crippen molar-refractivity contribution in [2.75, 3.05) is 13.2 Å². The van der Waals surface area contributed by atoms with Gasteiger partial charge in [-0.1, -0.05) is 57.8 Å². The third kappa shape index (κ3) is 7.65. The molecule has 2 aromatic rings. The van der Waals surface area contributed by atoms with Crippen LogP contribution >= 0.6 is 31.9 Å². The quantitative estimate of drug-likeness (QED) is 0.452. The molecule has 168 valence electrons. The average Bonchev–Trinajstić information content (AvgIpc) is 2.73. The molecule has 2 amide bonds. The maximum absolute atomic E-state index is 13.1. The molecular formula is C24H30Br2N2O3. The van der Waals surface area contributed by atoms with Crippen LogP contribution in [-0.4, -0.2) is 35.9 Å². The molecule has 1 atom stereocenters. The molecule has 7 heteroatoms. The Morgan fingerprint density at radius 3 is 2.16 bits per heavy atom. The zero-order valence-corrected chi connectivity index (χ0v) is 21.8. The summed E-state index contributed by atoms with van der Waals surface area (Å²) < 4.78 is 7.78. The van der Waals surface area contributed by atoms with E-state index in [4.69, 9.17) is 4.74 Å². The minimum Gasteiger partial charge on any atom is -0.484 e. The number of halogens is 2. The van der Waals surface area contributed by atoms with Gasteiger partial charge in [-0.15, -0.1) is 0 Å². The van der Waals surface area contributed by atoms with E-state index in [9.17, 15) is 9.59 Å². The van der Waals surface area contributed by atoms with Gasteiger partial charge in [0, 0.05) is 22.0 Å². The first-order valence-electron chi connectivity index (χ1n) is 10.3. The summed E-state index contributed by atoms with van der Waals surface area (Å²) in [7, 11) is 0. The second-order valence-electron chi connectivity index (χ2n) is 8.12. The van der Waals surface area contributed by atoms with E-state index in [1.54, 1.807) is 11.8 Å². The second kappa shape index (κ2) is 11.7. The van der Waals surface area contributed by atoms with Crippen LogP contribution in [0.4, 0.5) is 0 Å². The smallest absolute Gasteiger partial charge is 0.261 e. The van der Waals surface area contributed by atoms with Gasteiger partial charge in [-0.05, 0) is 67.6 Å². The Morgan fingerprint density at radius 1 is 1.03 bits per heavy atom. The number of ether oxygens (including phenoxy) is 1. The highest BCUT2D eigenvalue weighted by Gasteiger charge is 2.26. The lowest BCUT2D eigenvalue weighted by Gasteiger charge is -2.29. The van der Waals surface area contributed by atoms with Crippen molar-refractivity contribution in [3.63, 3.8) is 0 Å². The maximum Gasteiger partial charge on any atom is 0.261 e. The van der Waals surface area contributed by atoms with E-state index in [1.165, 1.54) is 0 Å². The standard InChI is InChI=1S/C24H30Br2N2O3/c1-15(2)12-27-24(30)18(5)28(13-19-6-8-20(25)9-7-19)22(29)14-31-21-10-16(3)23(26)17(4)11-21/h6-11,15,18H,12-14H2,1-5H3,(H,27,30)/t18-/m0/s1. The zero-order chi connectivity index (χ0) is 23.1. The summed E-state index contributed by atoms with van der Waals surface area (Å²) >= 11 is 6.97. The van der Waals surface area contributed by atoms with E-state index in [1.807, 2.05) is 64.1 Å². The molecular weight excluding hydrogens is 524 g/mol. The number of carbonyl (C=O) groups is 2. The maximum atomic E-state index is 13.1. The third-order valence-electron chi connectivity index (χ3n) is 4.89. The number of nitrogens with zero attached hydrogens (tertiary/aromatic N) is 1. The number of nitrogens with one attached hydrogen (secondary N) is 1. The van der Waals surface area contributed by atoms with E-state index < -0.39 is 6.04 Å². The minimum atomic E-state index is -0.619. The molecule has 2 rings (SSSR count). The fraction of sp³-hybridized carbons (Fsp3) is 0.417. The molecule has 0 aromatic heterocycles. The van der Waals surface area contributed by atoms with Crippen LogP contribution in [0.5, 0.6) is 5.75 Å². The Bertz CT molecular complexity index is 891. The molecule has 0 heterocycles. The van der Waals surface area contributed by atoms with Crippen molar-refractivity contribution >= 4 is 43.7 Å². The van der Waals surface area contributed by atoms with Crippen LogP contribution in [0.2, 0.25) is 0 Å². The summed E-state index contributed by atoms with van der Waals surface area (Å²) in [6, 6.07) is 10.9. The number of hydrogen-bond donors (Lipinski definition) is 1. The van der Waals surface area contributed by atoms with E-state index in [0.29, 0.717) is 24.8 Å². The predicted octanol–water partition coefficient (Wildman–Crippen LogP) is 5.40. The van der Waals surface area contributed by atoms with Crippen molar-refractivity contribution < 1.29 is 14.3 Å². The molecule has 2 aromatic carbocycles. The van der Waals surface area contributed by atoms with E-state index in [0.717, 1.165) is 25.6 Å². The van der Waals surface area contributed by atoms with Crippen molar-refractivity contribution in [2.45, 2.75) is 47.2 Å². The summed E-state index contributed by atoms with van der Waals surface area (Å²) in [6.45, 7) is 10.5. The van der Waals surface area contributed by atoms with Crippen molar-refractivity contribution in [3.05, 3.63) is 62.0 Å². The van der Waals surface area contributed by atoms with E-state index >= 15 is 0 Å². The summed E-state index contributed by atoms with van der Waals surface area (Å²) in [5.74, 6) is 0.550. The molecule has 5 nitrogen and oxygen atoms in total. The molecule has 0 saturated heterocycles. The molecule has 0 aliphatic rings. The first-order valence-corrected chi connectivity index (χ1v) is 11.9. The van der Waals surface area contributed by atoms with E-state index in [-0.39, 0.29) is 18.4 Å². The second-order valence-corrected chi connectivity index (χ2v) is 9.83. The third-order valence-corrected chi connectivity index (χ3v) is 6.67. The summed E-state index contributed by atoms with van der Waals surface area (Å²) in [5, 5.41) is 2.92. The van der Waals surface area contributed by atoms with Crippen LogP contribution < -0.4 is 10.1 Å². The fourth-order valence-corrected chi connectivity index (χ4v) is 3.53. The van der Waals surface area contributed by atoms with Gasteiger partial charge < -0.3 is 15.0 Å². The van der Waals surface area contributed by atoms with Gasteiger partial charge in [-0.3, -0.25) is 9.59 Å². The van der Waals surface area contributed by atoms with Crippen LogP contribution in [0.1, 0.15) is 37.5 Å². The molecule has 31 heavy (non-hydrogen) atoms. The molecule has 0 bridgehead atoms. The lowest BCUT2D eigenvalue weighted by Crippen LogP contribution is -2.49. The largest absolute Gasteiger partial charge is 0.484 e. The molecule has 0 fully saturated rings. The predicted molar refractivity (Wildman–Crippen MR) is 131 cm³/mol. The van der Waals surface area contributed by atoms with Gasteiger partial charge in [0.25, 0.3) is 5.91 Å². The van der Waals surface area contributed by atoms with Crippen LogP contribution in [0.3, 0.4) is 0 Å². The van der Waals surface area contributed by atoms with Gasteiger partial charge in [0.15, 0.2) is 6.61 Å². The Kier molecular flexibility index (Phi) is 9.56. The van der Waals surface area contributed by atoms with Gasteiger partial charge in [0.05, 0.1) is 0 Å². The highest BCUT2D eigenvalue weighted by Crippen LogP contribution is 2.26. The molecule has 0 aliphatic heterocycles. The van der Waals surface area contributed by atoms with Gasteiger partial charge in [-0.2, -0.15) is 0 Å². The monoisotopic (exact) mass is 552 g/mol. The normalized spacial score (nSPS) is 11.9. The van der Waals surface area contributed by atoms with Crippen molar-refractivity contribution in [3.8, 4) is 5.75 Å². The van der Waals surface area contributed by atoms with Crippen LogP contribution in [0.25, 0.3) is 0 Å². The molecule has 0 spiro atoms. The van der Waals surface area contributed by atoms with Crippen LogP contribution in [0.15, 0.2) is 45.3 Å². The molecule has 0 radical (unpaired) electrons. The van der Waals surface area contributed by atoms with Gasteiger partial charge in [0.2, 0.25) is 5.91 Å². The molecule has 1 N–H and O–H groups in total. The lowest BCUT2D eigenvalue weighted by molar-refractivity contribution is -0.142. The van der Waals surface area contributed by atoms with Gasteiger partial charge in [-0.25, -0.2) is 0 Å².